The number of anilines is 1. The fourth-order valence-corrected chi connectivity index (χ4v) is 5.74. The lowest BCUT2D eigenvalue weighted by Gasteiger charge is -2.25. The summed E-state index contributed by atoms with van der Waals surface area (Å²) in [4.78, 5) is 14.3. The second-order valence-corrected chi connectivity index (χ2v) is 9.33. The number of nitrogens with two attached hydrogens (primary N) is 2. The molecule has 8 nitrogen and oxygen atoms in total. The number of carbonyl (C=O) groups is 1. The van der Waals surface area contributed by atoms with Crippen molar-refractivity contribution >= 4 is 45.5 Å². The first-order valence-corrected chi connectivity index (χ1v) is 10.6. The Labute approximate surface area is 173 Å². The van der Waals surface area contributed by atoms with Crippen LogP contribution in [0.25, 0.3) is 0 Å². The zero-order chi connectivity index (χ0) is 20.4. The van der Waals surface area contributed by atoms with Gasteiger partial charge in [0.15, 0.2) is 4.34 Å². The molecule has 11 heteroatoms. The summed E-state index contributed by atoms with van der Waals surface area (Å²) in [6.45, 7) is 3.63. The van der Waals surface area contributed by atoms with Crippen LogP contribution in [0.2, 0.25) is 0 Å². The molecule has 0 fully saturated rings. The zero-order valence-corrected chi connectivity index (χ0v) is 17.8. The molecule has 0 saturated heterocycles. The topological polar surface area (TPSA) is 137 Å². The summed E-state index contributed by atoms with van der Waals surface area (Å²) in [6, 6.07) is 4.06. The summed E-state index contributed by atoms with van der Waals surface area (Å²) < 4.78 is 11.1. The number of thiophene rings is 1. The molecular formula is C17H17N5O3S3. The molecule has 3 rings (SSSR count). The number of ether oxygens (including phenoxy) is 2. The van der Waals surface area contributed by atoms with E-state index >= 15 is 0 Å². The molecule has 2 aromatic rings. The predicted octanol–water partition coefficient (Wildman–Crippen LogP) is 3.04. The summed E-state index contributed by atoms with van der Waals surface area (Å²) in [5.41, 5.74) is 13.1. The van der Waals surface area contributed by atoms with Crippen LogP contribution in [0.5, 0.6) is 0 Å². The maximum atomic E-state index is 12.4. The molecule has 0 bridgehead atoms. The van der Waals surface area contributed by atoms with E-state index in [4.69, 9.17) is 20.9 Å². The van der Waals surface area contributed by atoms with E-state index in [1.807, 2.05) is 13.0 Å². The smallest absolute Gasteiger partial charge is 0.338 e. The standard InChI is InChI=1S/C17H17N5O3S3/c1-7-12(15(23)24-3)13(10(5-18)14(19)25-7)11-4-9(8(2)27-11)6-26-17-22-21-16(20)28-17/h4,13H,6,19H2,1-3H3,(H2,20,21)/t13-/m1/s1. The third-order valence-corrected chi connectivity index (χ3v) is 7.20. The van der Waals surface area contributed by atoms with Gasteiger partial charge in [-0.05, 0) is 25.5 Å². The first-order chi connectivity index (χ1) is 13.3. The van der Waals surface area contributed by atoms with Crippen molar-refractivity contribution < 1.29 is 14.3 Å². The quantitative estimate of drug-likeness (QED) is 0.536. The number of nitrogen functional groups attached to an aromatic ring is 1. The molecule has 3 heterocycles. The van der Waals surface area contributed by atoms with E-state index in [2.05, 4.69) is 16.3 Å². The molecule has 1 aliphatic rings. The number of hydrogen-bond acceptors (Lipinski definition) is 11. The van der Waals surface area contributed by atoms with Crippen LogP contribution in [0.4, 0.5) is 5.13 Å². The molecule has 0 saturated carbocycles. The van der Waals surface area contributed by atoms with Crippen molar-refractivity contribution in [1.82, 2.24) is 10.2 Å². The van der Waals surface area contributed by atoms with Crippen molar-refractivity contribution in [2.45, 2.75) is 29.9 Å². The maximum absolute atomic E-state index is 12.4. The average molecular weight is 436 g/mol. The van der Waals surface area contributed by atoms with Gasteiger partial charge in [-0.2, -0.15) is 5.26 Å². The van der Waals surface area contributed by atoms with Crippen LogP contribution in [0, 0.1) is 18.3 Å². The molecule has 0 aliphatic carbocycles. The Hall–Kier alpha value is -2.55. The van der Waals surface area contributed by atoms with Gasteiger partial charge in [-0.1, -0.05) is 23.1 Å². The minimum atomic E-state index is -0.620. The van der Waals surface area contributed by atoms with Crippen molar-refractivity contribution in [3.63, 3.8) is 0 Å². The van der Waals surface area contributed by atoms with Crippen molar-refractivity contribution in [3.8, 4) is 6.07 Å². The fraction of sp³-hybridized carbons (Fsp3) is 0.294. The highest BCUT2D eigenvalue weighted by Crippen LogP contribution is 2.43. The maximum Gasteiger partial charge on any atom is 0.338 e. The molecule has 4 N–H and O–H groups in total. The van der Waals surface area contributed by atoms with Gasteiger partial charge in [0.05, 0.1) is 18.6 Å². The number of carbonyl (C=O) groups excluding carboxylic acids is 1. The van der Waals surface area contributed by atoms with Crippen molar-refractivity contribution in [3.05, 3.63) is 44.2 Å². The van der Waals surface area contributed by atoms with Gasteiger partial charge in [0.25, 0.3) is 0 Å². The SMILES string of the molecule is COC(=O)C1=C(C)OC(N)=C(C#N)[C@@H]1c1cc(CSc2nnc(N)s2)c(C)s1. The average Bonchev–Trinajstić information content (AvgIpc) is 3.24. The lowest BCUT2D eigenvalue weighted by Crippen LogP contribution is -2.24. The summed E-state index contributed by atoms with van der Waals surface area (Å²) >= 11 is 4.37. The number of rotatable bonds is 5. The summed E-state index contributed by atoms with van der Waals surface area (Å²) in [7, 11) is 1.29. The minimum Gasteiger partial charge on any atom is -0.466 e. The van der Waals surface area contributed by atoms with Crippen LogP contribution < -0.4 is 11.5 Å². The van der Waals surface area contributed by atoms with E-state index in [1.54, 1.807) is 6.92 Å². The lowest BCUT2D eigenvalue weighted by molar-refractivity contribution is -0.136. The highest BCUT2D eigenvalue weighted by molar-refractivity contribution is 8.00. The number of hydrogen-bond donors (Lipinski definition) is 2. The third kappa shape index (κ3) is 3.84. The Kier molecular flexibility index (Phi) is 5.93. The second-order valence-electron chi connectivity index (χ2n) is 5.81. The van der Waals surface area contributed by atoms with Crippen LogP contribution in [-0.2, 0) is 20.0 Å². The molecule has 1 atom stereocenters. The summed E-state index contributed by atoms with van der Waals surface area (Å²) in [5, 5.41) is 17.9. The van der Waals surface area contributed by atoms with Gasteiger partial charge in [-0.25, -0.2) is 4.79 Å². The van der Waals surface area contributed by atoms with Gasteiger partial charge in [0, 0.05) is 15.5 Å². The Morgan fingerprint density at radius 3 is 2.75 bits per heavy atom. The highest BCUT2D eigenvalue weighted by atomic mass is 32.2. The Bertz CT molecular complexity index is 1030. The molecule has 1 aliphatic heterocycles. The second kappa shape index (κ2) is 8.22. The van der Waals surface area contributed by atoms with Crippen molar-refractivity contribution in [2.24, 2.45) is 5.73 Å². The van der Waals surface area contributed by atoms with Crippen LogP contribution in [-0.4, -0.2) is 23.3 Å². The molecule has 0 spiro atoms. The Morgan fingerprint density at radius 2 is 2.14 bits per heavy atom. The molecule has 28 heavy (non-hydrogen) atoms. The van der Waals surface area contributed by atoms with Crippen molar-refractivity contribution in [1.29, 1.82) is 5.26 Å². The molecular weight excluding hydrogens is 418 g/mol. The predicted molar refractivity (Wildman–Crippen MR) is 108 cm³/mol. The highest BCUT2D eigenvalue weighted by Gasteiger charge is 2.37. The van der Waals surface area contributed by atoms with Crippen LogP contribution in [0.3, 0.4) is 0 Å². The number of aryl methyl sites for hydroxylation is 1. The van der Waals surface area contributed by atoms with E-state index in [1.165, 1.54) is 41.5 Å². The van der Waals surface area contributed by atoms with E-state index in [-0.39, 0.29) is 17.0 Å². The van der Waals surface area contributed by atoms with E-state index in [0.717, 1.165) is 19.7 Å². The normalized spacial score (nSPS) is 16.7. The Morgan fingerprint density at radius 1 is 1.39 bits per heavy atom. The van der Waals surface area contributed by atoms with Crippen LogP contribution in [0.1, 0.15) is 28.2 Å². The molecule has 146 valence electrons. The number of esters is 1. The molecule has 2 aromatic heterocycles. The summed E-state index contributed by atoms with van der Waals surface area (Å²) in [5.74, 6) is -0.166. The number of thioether (sulfide) groups is 1. The lowest BCUT2D eigenvalue weighted by atomic mass is 9.87. The molecule has 0 unspecified atom stereocenters. The van der Waals surface area contributed by atoms with Gasteiger partial charge < -0.3 is 20.9 Å². The monoisotopic (exact) mass is 435 g/mol. The van der Waals surface area contributed by atoms with Gasteiger partial charge >= 0.3 is 5.97 Å². The zero-order valence-electron chi connectivity index (χ0n) is 15.3. The number of nitrogens with zero attached hydrogens (tertiary/aromatic N) is 3. The first-order valence-electron chi connectivity index (χ1n) is 8.03. The van der Waals surface area contributed by atoms with Crippen molar-refractivity contribution in [2.75, 3.05) is 12.8 Å². The third-order valence-electron chi connectivity index (χ3n) is 4.11. The fourth-order valence-electron chi connectivity index (χ4n) is 2.79. The number of methoxy groups -OCH3 is 1. The number of nitriles is 1. The van der Waals surface area contributed by atoms with Gasteiger partial charge in [-0.15, -0.1) is 21.5 Å². The molecule has 0 aromatic carbocycles. The summed E-state index contributed by atoms with van der Waals surface area (Å²) in [6.07, 6.45) is 0. The van der Waals surface area contributed by atoms with E-state index < -0.39 is 11.9 Å². The van der Waals surface area contributed by atoms with Crippen LogP contribution in [0.15, 0.2) is 33.2 Å². The van der Waals surface area contributed by atoms with Gasteiger partial charge in [0.1, 0.15) is 17.4 Å². The number of allylic oxidation sites excluding steroid dienone is 2. The minimum absolute atomic E-state index is 0.00367. The molecule has 0 radical (unpaired) electrons. The Balaban J connectivity index is 1.96. The van der Waals surface area contributed by atoms with E-state index in [9.17, 15) is 10.1 Å². The van der Waals surface area contributed by atoms with E-state index in [0.29, 0.717) is 16.6 Å². The first kappa shape index (κ1) is 20.2. The van der Waals surface area contributed by atoms with Gasteiger partial charge in [-0.3, -0.25) is 0 Å². The molecule has 0 amide bonds. The van der Waals surface area contributed by atoms with Gasteiger partial charge in [0.2, 0.25) is 11.0 Å². The van der Waals surface area contributed by atoms with Crippen LogP contribution >= 0.6 is 34.4 Å². The number of aromatic nitrogens is 2. The largest absolute Gasteiger partial charge is 0.466 e.